The Morgan fingerprint density at radius 2 is 1.66 bits per heavy atom. The van der Waals surface area contributed by atoms with Gasteiger partial charge in [-0.2, -0.15) is 0 Å². The maximum absolute atomic E-state index is 13.2. The van der Waals surface area contributed by atoms with E-state index in [1.54, 1.807) is 74.5 Å². The topological polar surface area (TPSA) is 113 Å². The summed E-state index contributed by atoms with van der Waals surface area (Å²) in [7, 11) is 0. The molecule has 4 rings (SSSR count). The number of carbonyl (C=O) groups excluding carboxylic acids is 3. The first-order valence-corrected chi connectivity index (χ1v) is 10.9. The summed E-state index contributed by atoms with van der Waals surface area (Å²) < 4.78 is 4.69. The molecule has 4 atom stereocenters. The van der Waals surface area contributed by atoms with Crippen LogP contribution < -0.4 is 10.1 Å². The van der Waals surface area contributed by atoms with Crippen LogP contribution in [0.5, 0.6) is 5.75 Å². The summed E-state index contributed by atoms with van der Waals surface area (Å²) in [5.74, 6) is -3.99. The summed E-state index contributed by atoms with van der Waals surface area (Å²) >= 11 is 1.32. The van der Waals surface area contributed by atoms with Crippen molar-refractivity contribution in [2.45, 2.75) is 42.0 Å². The molecule has 2 saturated heterocycles. The Morgan fingerprint density at radius 1 is 1.06 bits per heavy atom. The molecule has 9 heteroatoms. The van der Waals surface area contributed by atoms with E-state index < -0.39 is 51.9 Å². The van der Waals surface area contributed by atoms with Crippen molar-refractivity contribution in [3.8, 4) is 5.75 Å². The number of nitrogens with zero attached hydrogens (tertiary/aromatic N) is 1. The highest BCUT2D eigenvalue weighted by Gasteiger charge is 2.64. The van der Waals surface area contributed by atoms with E-state index in [4.69, 9.17) is 4.74 Å². The first kappa shape index (κ1) is 21.9. The summed E-state index contributed by atoms with van der Waals surface area (Å²) in [5, 5.41) is 11.7. The average molecular weight is 455 g/mol. The van der Waals surface area contributed by atoms with Crippen molar-refractivity contribution in [2.24, 2.45) is 0 Å². The summed E-state index contributed by atoms with van der Waals surface area (Å²) in [6, 6.07) is 15.0. The molecule has 2 N–H and O–H groups in total. The first-order chi connectivity index (χ1) is 15.2. The molecule has 0 bridgehead atoms. The number of carbonyl (C=O) groups is 4. The van der Waals surface area contributed by atoms with Crippen LogP contribution in [0.1, 0.15) is 25.3 Å². The van der Waals surface area contributed by atoms with Gasteiger partial charge in [0.15, 0.2) is 5.92 Å². The molecule has 0 radical (unpaired) electrons. The van der Waals surface area contributed by atoms with Crippen molar-refractivity contribution >= 4 is 35.5 Å². The number of ether oxygens (including phenoxy) is 1. The number of hydrogen-bond acceptors (Lipinski definition) is 6. The van der Waals surface area contributed by atoms with Gasteiger partial charge >= 0.3 is 11.9 Å². The Hall–Kier alpha value is -3.33. The van der Waals surface area contributed by atoms with Crippen LogP contribution in [-0.2, 0) is 19.2 Å². The second kappa shape index (κ2) is 8.31. The highest BCUT2D eigenvalue weighted by atomic mass is 32.2. The van der Waals surface area contributed by atoms with Gasteiger partial charge in [0.25, 0.3) is 0 Å². The number of carboxylic acids is 1. The number of rotatable bonds is 6. The van der Waals surface area contributed by atoms with Gasteiger partial charge in [0.05, 0.1) is 0 Å². The quantitative estimate of drug-likeness (QED) is 0.297. The molecule has 2 aromatic rings. The number of hydrogen-bond donors (Lipinski definition) is 2. The molecule has 2 fully saturated rings. The van der Waals surface area contributed by atoms with Crippen LogP contribution >= 0.6 is 11.8 Å². The molecule has 0 aromatic heterocycles. The fraction of sp³-hybridized carbons (Fsp3) is 0.304. The predicted molar refractivity (Wildman–Crippen MR) is 117 cm³/mol. The van der Waals surface area contributed by atoms with E-state index in [2.05, 4.69) is 5.32 Å². The number of para-hydroxylation sites is 1. The third-order valence-electron chi connectivity index (χ3n) is 5.57. The van der Waals surface area contributed by atoms with E-state index in [-0.39, 0.29) is 0 Å². The highest BCUT2D eigenvalue weighted by Crippen LogP contribution is 2.50. The molecule has 2 amide bonds. The molecule has 2 aliphatic heterocycles. The van der Waals surface area contributed by atoms with Gasteiger partial charge in [-0.25, -0.2) is 4.79 Å². The summed E-state index contributed by atoms with van der Waals surface area (Å²) in [4.78, 5) is 51.8. The summed E-state index contributed by atoms with van der Waals surface area (Å²) in [5.41, 5.74) is 0.428. The zero-order valence-electron chi connectivity index (χ0n) is 17.4. The van der Waals surface area contributed by atoms with Crippen LogP contribution in [-0.4, -0.2) is 56.0 Å². The maximum Gasteiger partial charge on any atom is 0.328 e. The zero-order chi connectivity index (χ0) is 23.0. The molecule has 8 nitrogen and oxygen atoms in total. The van der Waals surface area contributed by atoms with Crippen LogP contribution in [0.4, 0.5) is 0 Å². The Bertz CT molecular complexity index is 1060. The van der Waals surface area contributed by atoms with Gasteiger partial charge in [-0.15, -0.1) is 11.8 Å². The van der Waals surface area contributed by atoms with Gasteiger partial charge in [-0.1, -0.05) is 48.5 Å². The lowest BCUT2D eigenvalue weighted by molar-refractivity contribution is -0.161. The normalized spacial score (nSPS) is 24.1. The van der Waals surface area contributed by atoms with E-state index in [1.807, 2.05) is 0 Å². The van der Waals surface area contributed by atoms with Gasteiger partial charge in [0.1, 0.15) is 23.2 Å². The van der Waals surface area contributed by atoms with Crippen molar-refractivity contribution in [3.63, 3.8) is 0 Å². The number of aliphatic carboxylic acids is 1. The van der Waals surface area contributed by atoms with E-state index in [0.717, 1.165) is 0 Å². The molecule has 2 aliphatic rings. The lowest BCUT2D eigenvalue weighted by atomic mass is 9.94. The van der Waals surface area contributed by atoms with Crippen LogP contribution in [0.15, 0.2) is 60.7 Å². The number of benzene rings is 2. The summed E-state index contributed by atoms with van der Waals surface area (Å²) in [6.45, 7) is 3.51. The Morgan fingerprint density at radius 3 is 2.25 bits per heavy atom. The number of nitrogens with one attached hydrogen (secondary N) is 1. The Kier molecular flexibility index (Phi) is 5.68. The van der Waals surface area contributed by atoms with E-state index >= 15 is 0 Å². The van der Waals surface area contributed by atoms with E-state index in [0.29, 0.717) is 11.3 Å². The average Bonchev–Trinajstić information content (AvgIpc) is 3.01. The molecule has 3 unspecified atom stereocenters. The number of esters is 1. The highest BCUT2D eigenvalue weighted by molar-refractivity contribution is 8.01. The lowest BCUT2D eigenvalue weighted by Crippen LogP contribution is -2.71. The first-order valence-electron chi connectivity index (χ1n) is 10.1. The molecule has 2 aromatic carbocycles. The molecule has 0 aliphatic carbocycles. The number of fused-ring (bicyclic) bond motifs is 1. The van der Waals surface area contributed by atoms with Gasteiger partial charge in [-0.3, -0.25) is 14.4 Å². The standard InChI is InChI=1S/C23H22N2O6S/c1-23(2)17(21(28)29)25-19(27)16(20(25)32-23)24-18(26)15(13-9-5-3-6-10-13)22(30)31-14-11-7-4-8-12-14/h3-12,15-17,20H,1-2H3,(H,24,26)(H,28,29)/t15?,16?,17?,20-/m1/s1. The molecule has 166 valence electrons. The number of carboxylic acid groups (broad SMARTS) is 1. The molecular weight excluding hydrogens is 432 g/mol. The van der Waals surface area contributed by atoms with Gasteiger partial charge < -0.3 is 20.1 Å². The van der Waals surface area contributed by atoms with Gasteiger partial charge in [0, 0.05) is 4.75 Å². The maximum atomic E-state index is 13.2. The molecule has 0 saturated carbocycles. The zero-order valence-corrected chi connectivity index (χ0v) is 18.2. The van der Waals surface area contributed by atoms with Gasteiger partial charge in [-0.05, 0) is 31.5 Å². The van der Waals surface area contributed by atoms with Crippen molar-refractivity contribution in [1.82, 2.24) is 10.2 Å². The second-order valence-electron chi connectivity index (χ2n) is 8.16. The lowest BCUT2D eigenvalue weighted by Gasteiger charge is -2.43. The monoisotopic (exact) mass is 454 g/mol. The van der Waals surface area contributed by atoms with Crippen LogP contribution in [0, 0.1) is 0 Å². The van der Waals surface area contributed by atoms with Crippen molar-refractivity contribution in [1.29, 1.82) is 0 Å². The van der Waals surface area contributed by atoms with Crippen molar-refractivity contribution in [3.05, 3.63) is 66.2 Å². The third-order valence-corrected chi connectivity index (χ3v) is 7.14. The largest absolute Gasteiger partial charge is 0.480 e. The van der Waals surface area contributed by atoms with E-state index in [1.165, 1.54) is 16.7 Å². The van der Waals surface area contributed by atoms with Crippen molar-refractivity contribution in [2.75, 3.05) is 0 Å². The third kappa shape index (κ3) is 3.84. The number of amides is 2. The smallest absolute Gasteiger partial charge is 0.328 e. The van der Waals surface area contributed by atoms with Crippen LogP contribution in [0.2, 0.25) is 0 Å². The van der Waals surface area contributed by atoms with Crippen molar-refractivity contribution < 1.29 is 29.0 Å². The Balaban J connectivity index is 1.54. The minimum atomic E-state index is -1.28. The van der Waals surface area contributed by atoms with Gasteiger partial charge in [0.2, 0.25) is 11.8 Å². The predicted octanol–water partition coefficient (Wildman–Crippen LogP) is 2.01. The van der Waals surface area contributed by atoms with Crippen LogP contribution in [0.25, 0.3) is 0 Å². The van der Waals surface area contributed by atoms with Crippen LogP contribution in [0.3, 0.4) is 0 Å². The number of β-lactam (4-membered cyclic amide) rings is 1. The number of thioether (sulfide) groups is 1. The Labute approximate surface area is 188 Å². The SMILES string of the molecule is CC1(C)S[C@@H]2C(NC(=O)C(C(=O)Oc3ccccc3)c3ccccc3)C(=O)N2C1C(=O)O. The minimum absolute atomic E-state index is 0.300. The fourth-order valence-corrected chi connectivity index (χ4v) is 5.71. The second-order valence-corrected chi connectivity index (χ2v) is 9.93. The molecular formula is C23H22N2O6S. The minimum Gasteiger partial charge on any atom is -0.480 e. The molecule has 0 spiro atoms. The molecule has 2 heterocycles. The van der Waals surface area contributed by atoms with E-state index in [9.17, 15) is 24.3 Å². The fourth-order valence-electron chi connectivity index (χ4n) is 4.09. The summed E-state index contributed by atoms with van der Waals surface area (Å²) in [6.07, 6.45) is 0. The molecule has 32 heavy (non-hydrogen) atoms.